The molecule has 0 amide bonds. The zero-order valence-corrected chi connectivity index (χ0v) is 13.0. The molecular weight excluding hydrogens is 274 g/mol. The molecule has 2 aromatic carbocycles. The number of hydrogen-bond acceptors (Lipinski definition) is 3. The fourth-order valence-electron chi connectivity index (χ4n) is 3.22. The van der Waals surface area contributed by atoms with Gasteiger partial charge >= 0.3 is 0 Å². The maximum absolute atomic E-state index is 5.98. The van der Waals surface area contributed by atoms with Crippen molar-refractivity contribution in [3.63, 3.8) is 0 Å². The first-order valence-electron chi connectivity index (χ1n) is 7.87. The highest BCUT2D eigenvalue weighted by molar-refractivity contribution is 5.48. The minimum Gasteiger partial charge on any atom is -0.493 e. The van der Waals surface area contributed by atoms with Gasteiger partial charge < -0.3 is 15.2 Å². The average molecular weight is 297 g/mol. The van der Waals surface area contributed by atoms with Crippen molar-refractivity contribution >= 4 is 0 Å². The van der Waals surface area contributed by atoms with Gasteiger partial charge in [-0.3, -0.25) is 0 Å². The molecule has 0 radical (unpaired) electrons. The molecule has 0 aromatic heterocycles. The molecule has 1 aliphatic heterocycles. The smallest absolute Gasteiger partial charge is 0.164 e. The van der Waals surface area contributed by atoms with E-state index in [0.29, 0.717) is 12.5 Å². The molecule has 2 aromatic rings. The monoisotopic (exact) mass is 297 g/mol. The minimum absolute atomic E-state index is 0.499. The number of methoxy groups -OCH3 is 1. The first kappa shape index (κ1) is 14.9. The number of fused-ring (bicyclic) bond motifs is 1. The molecule has 3 nitrogen and oxygen atoms in total. The van der Waals surface area contributed by atoms with Crippen molar-refractivity contribution in [2.45, 2.75) is 19.3 Å². The second-order valence-corrected chi connectivity index (χ2v) is 5.84. The van der Waals surface area contributed by atoms with E-state index in [1.165, 1.54) is 16.7 Å². The molecule has 0 unspecified atom stereocenters. The first-order chi connectivity index (χ1) is 10.8. The molecule has 0 fully saturated rings. The highest BCUT2D eigenvalue weighted by Crippen LogP contribution is 2.36. The van der Waals surface area contributed by atoms with Crippen LogP contribution >= 0.6 is 0 Å². The zero-order chi connectivity index (χ0) is 15.4. The summed E-state index contributed by atoms with van der Waals surface area (Å²) in [4.78, 5) is 0. The summed E-state index contributed by atoms with van der Waals surface area (Å²) in [7, 11) is 1.69. The molecule has 0 spiro atoms. The summed E-state index contributed by atoms with van der Waals surface area (Å²) < 4.78 is 11.4. The minimum atomic E-state index is 0.499. The van der Waals surface area contributed by atoms with Crippen LogP contribution in [0.15, 0.2) is 42.5 Å². The molecule has 0 saturated carbocycles. The standard InChI is InChI=1S/C19H23NO2/c1-21-18-8-4-7-17-12-14(13-22-19(17)18)11-16-6-3-2-5-15(16)9-10-20/h2-8,14H,9-13,20H2,1H3/t14-/m0/s1. The molecule has 22 heavy (non-hydrogen) atoms. The van der Waals surface area contributed by atoms with Crippen molar-refractivity contribution in [3.05, 3.63) is 59.2 Å². The summed E-state index contributed by atoms with van der Waals surface area (Å²) in [5.41, 5.74) is 9.72. The number of nitrogens with two attached hydrogens (primary N) is 1. The second kappa shape index (κ2) is 6.84. The van der Waals surface area contributed by atoms with E-state index in [1.54, 1.807) is 7.11 Å². The largest absolute Gasteiger partial charge is 0.493 e. The molecule has 1 heterocycles. The van der Waals surface area contributed by atoms with Gasteiger partial charge in [0.25, 0.3) is 0 Å². The number of rotatable bonds is 5. The zero-order valence-electron chi connectivity index (χ0n) is 13.0. The summed E-state index contributed by atoms with van der Waals surface area (Å²) in [5.74, 6) is 2.24. The van der Waals surface area contributed by atoms with Gasteiger partial charge in [-0.15, -0.1) is 0 Å². The van der Waals surface area contributed by atoms with Crippen LogP contribution in [0, 0.1) is 5.92 Å². The fourth-order valence-corrected chi connectivity index (χ4v) is 3.22. The van der Waals surface area contributed by atoms with Gasteiger partial charge in [-0.25, -0.2) is 0 Å². The SMILES string of the molecule is COc1cccc2c1OC[C@@H](Cc1ccccc1CCN)C2. The van der Waals surface area contributed by atoms with Gasteiger partial charge in [-0.1, -0.05) is 36.4 Å². The molecule has 0 bridgehead atoms. The van der Waals surface area contributed by atoms with E-state index in [0.717, 1.165) is 37.4 Å². The molecule has 3 heteroatoms. The summed E-state index contributed by atoms with van der Waals surface area (Å²) >= 11 is 0. The average Bonchev–Trinajstić information content (AvgIpc) is 2.56. The van der Waals surface area contributed by atoms with Crippen molar-refractivity contribution < 1.29 is 9.47 Å². The number of hydrogen-bond donors (Lipinski definition) is 1. The Kier molecular flexibility index (Phi) is 4.64. The Morgan fingerprint density at radius 2 is 1.95 bits per heavy atom. The predicted molar refractivity (Wildman–Crippen MR) is 88.6 cm³/mol. The van der Waals surface area contributed by atoms with Crippen molar-refractivity contribution in [1.29, 1.82) is 0 Å². The van der Waals surface area contributed by atoms with Crippen LogP contribution in [0.2, 0.25) is 0 Å². The Labute approximate surface area is 132 Å². The van der Waals surface area contributed by atoms with Gasteiger partial charge in [0.05, 0.1) is 13.7 Å². The normalized spacial score (nSPS) is 16.7. The first-order valence-corrected chi connectivity index (χ1v) is 7.87. The number of benzene rings is 2. The van der Waals surface area contributed by atoms with Crippen LogP contribution in [0.5, 0.6) is 11.5 Å². The Balaban J connectivity index is 1.76. The van der Waals surface area contributed by atoms with E-state index < -0.39 is 0 Å². The fraction of sp³-hybridized carbons (Fsp3) is 0.368. The van der Waals surface area contributed by atoms with Crippen LogP contribution in [0.4, 0.5) is 0 Å². The molecule has 2 N–H and O–H groups in total. The topological polar surface area (TPSA) is 44.5 Å². The van der Waals surface area contributed by atoms with E-state index in [4.69, 9.17) is 15.2 Å². The molecule has 0 saturated heterocycles. The Morgan fingerprint density at radius 1 is 1.14 bits per heavy atom. The molecule has 116 valence electrons. The Hall–Kier alpha value is -2.00. The van der Waals surface area contributed by atoms with Crippen LogP contribution in [-0.2, 0) is 19.3 Å². The highest BCUT2D eigenvalue weighted by atomic mass is 16.5. The highest BCUT2D eigenvalue weighted by Gasteiger charge is 2.23. The number of ether oxygens (including phenoxy) is 2. The maximum Gasteiger partial charge on any atom is 0.164 e. The molecule has 1 aliphatic rings. The molecule has 3 rings (SSSR count). The molecule has 1 atom stereocenters. The van der Waals surface area contributed by atoms with E-state index >= 15 is 0 Å². The van der Waals surface area contributed by atoms with E-state index in [1.807, 2.05) is 12.1 Å². The van der Waals surface area contributed by atoms with Crippen LogP contribution in [0.25, 0.3) is 0 Å². The summed E-state index contributed by atoms with van der Waals surface area (Å²) in [6.45, 7) is 1.43. The lowest BCUT2D eigenvalue weighted by molar-refractivity contribution is 0.211. The van der Waals surface area contributed by atoms with Gasteiger partial charge in [0.15, 0.2) is 11.5 Å². The van der Waals surface area contributed by atoms with Crippen molar-refractivity contribution in [1.82, 2.24) is 0 Å². The lowest BCUT2D eigenvalue weighted by Gasteiger charge is -2.27. The number of para-hydroxylation sites is 1. The predicted octanol–water partition coefficient (Wildman–Crippen LogP) is 2.99. The summed E-state index contributed by atoms with van der Waals surface area (Å²) in [6.07, 6.45) is 3.00. The van der Waals surface area contributed by atoms with Crippen molar-refractivity contribution in [2.24, 2.45) is 11.7 Å². The second-order valence-electron chi connectivity index (χ2n) is 5.84. The van der Waals surface area contributed by atoms with E-state index in [-0.39, 0.29) is 0 Å². The Bertz CT molecular complexity index is 639. The van der Waals surface area contributed by atoms with Gasteiger partial charge in [0.1, 0.15) is 0 Å². The third-order valence-electron chi connectivity index (χ3n) is 4.29. The quantitative estimate of drug-likeness (QED) is 0.922. The lowest BCUT2D eigenvalue weighted by atomic mass is 9.88. The van der Waals surface area contributed by atoms with Crippen LogP contribution in [0.1, 0.15) is 16.7 Å². The van der Waals surface area contributed by atoms with E-state index in [2.05, 4.69) is 30.3 Å². The van der Waals surface area contributed by atoms with Crippen LogP contribution < -0.4 is 15.2 Å². The van der Waals surface area contributed by atoms with Gasteiger partial charge in [-0.05, 0) is 48.6 Å². The molecule has 0 aliphatic carbocycles. The van der Waals surface area contributed by atoms with Gasteiger partial charge in [0, 0.05) is 5.92 Å². The van der Waals surface area contributed by atoms with Crippen LogP contribution in [-0.4, -0.2) is 20.3 Å². The third kappa shape index (κ3) is 3.09. The maximum atomic E-state index is 5.98. The van der Waals surface area contributed by atoms with Crippen molar-refractivity contribution in [2.75, 3.05) is 20.3 Å². The van der Waals surface area contributed by atoms with Crippen molar-refractivity contribution in [3.8, 4) is 11.5 Å². The third-order valence-corrected chi connectivity index (χ3v) is 4.29. The van der Waals surface area contributed by atoms with E-state index in [9.17, 15) is 0 Å². The Morgan fingerprint density at radius 3 is 2.73 bits per heavy atom. The van der Waals surface area contributed by atoms with Gasteiger partial charge in [-0.2, -0.15) is 0 Å². The summed E-state index contributed by atoms with van der Waals surface area (Å²) in [6, 6.07) is 14.7. The van der Waals surface area contributed by atoms with Crippen LogP contribution in [0.3, 0.4) is 0 Å². The molecular formula is C19H23NO2. The van der Waals surface area contributed by atoms with Gasteiger partial charge in [0.2, 0.25) is 0 Å². The summed E-state index contributed by atoms with van der Waals surface area (Å²) in [5, 5.41) is 0. The lowest BCUT2D eigenvalue weighted by Crippen LogP contribution is -2.23.